The fraction of sp³-hybridized carbons (Fsp3) is 0. The van der Waals surface area contributed by atoms with Crippen molar-refractivity contribution in [3.05, 3.63) is 218 Å². The van der Waals surface area contributed by atoms with Gasteiger partial charge < -0.3 is 0 Å². The summed E-state index contributed by atoms with van der Waals surface area (Å²) in [6, 6.07) is 77.7. The second-order valence-corrected chi connectivity index (χ2v) is 14.2. The van der Waals surface area contributed by atoms with E-state index < -0.39 is 0 Å². The summed E-state index contributed by atoms with van der Waals surface area (Å²) in [5.74, 6) is 0.713. The Balaban J connectivity index is 0.981. The Morgan fingerprint density at radius 1 is 0.250 bits per heavy atom. The third kappa shape index (κ3) is 6.44. The lowest BCUT2D eigenvalue weighted by molar-refractivity contribution is 1.23. The van der Waals surface area contributed by atoms with E-state index in [2.05, 4.69) is 212 Å². The van der Waals surface area contributed by atoms with Crippen LogP contribution in [0.1, 0.15) is 0 Å². The van der Waals surface area contributed by atoms with E-state index in [1.54, 1.807) is 0 Å². The molecule has 0 fully saturated rings. The molecule has 2 nitrogen and oxygen atoms in total. The molecule has 10 rings (SSSR count). The van der Waals surface area contributed by atoms with Crippen molar-refractivity contribution >= 4 is 21.7 Å². The van der Waals surface area contributed by atoms with Crippen LogP contribution in [0.2, 0.25) is 0 Å². The Hall–Kier alpha value is -7.42. The average molecular weight is 713 g/mol. The molecule has 10 aromatic rings. The highest BCUT2D eigenvalue weighted by Gasteiger charge is 2.14. The van der Waals surface area contributed by atoms with Crippen LogP contribution in [0.3, 0.4) is 0 Å². The maximum atomic E-state index is 5.25. The van der Waals surface area contributed by atoms with Gasteiger partial charge in [0, 0.05) is 16.5 Å². The molecule has 0 spiro atoms. The van der Waals surface area contributed by atoms with E-state index in [1.807, 2.05) is 6.07 Å². The first-order valence-corrected chi connectivity index (χ1v) is 19.1. The van der Waals surface area contributed by atoms with Crippen LogP contribution in [0.4, 0.5) is 0 Å². The van der Waals surface area contributed by atoms with E-state index >= 15 is 0 Å². The number of benzene rings is 9. The Morgan fingerprint density at radius 3 is 1.30 bits per heavy atom. The van der Waals surface area contributed by atoms with Gasteiger partial charge in [0.1, 0.15) is 0 Å². The van der Waals surface area contributed by atoms with Crippen LogP contribution in [-0.4, -0.2) is 9.97 Å². The molecule has 262 valence electrons. The highest BCUT2D eigenvalue weighted by molar-refractivity contribution is 5.97. The summed E-state index contributed by atoms with van der Waals surface area (Å²) in [6.45, 7) is 0. The predicted octanol–water partition coefficient (Wildman–Crippen LogP) is 14.5. The molecule has 0 aliphatic rings. The van der Waals surface area contributed by atoms with Crippen LogP contribution in [0.5, 0.6) is 0 Å². The fourth-order valence-electron chi connectivity index (χ4n) is 7.81. The third-order valence-electron chi connectivity index (χ3n) is 10.7. The van der Waals surface area contributed by atoms with E-state index in [0.29, 0.717) is 5.82 Å². The van der Waals surface area contributed by atoms with E-state index in [-0.39, 0.29) is 0 Å². The molecule has 2 heteroatoms. The van der Waals surface area contributed by atoms with Crippen LogP contribution in [0, 0.1) is 0 Å². The molecule has 1 aromatic heterocycles. The minimum absolute atomic E-state index is 0.713. The van der Waals surface area contributed by atoms with Gasteiger partial charge in [-0.1, -0.05) is 188 Å². The molecule has 0 radical (unpaired) electrons. The molecule has 0 amide bonds. The molecule has 0 N–H and O–H groups in total. The van der Waals surface area contributed by atoms with E-state index in [4.69, 9.17) is 9.97 Å². The summed E-state index contributed by atoms with van der Waals surface area (Å²) in [6.07, 6.45) is 0. The van der Waals surface area contributed by atoms with Gasteiger partial charge in [0.2, 0.25) is 0 Å². The number of nitrogens with zero attached hydrogens (tertiary/aromatic N) is 2. The van der Waals surface area contributed by atoms with Crippen LogP contribution < -0.4 is 0 Å². The maximum Gasteiger partial charge on any atom is 0.160 e. The maximum absolute atomic E-state index is 5.25. The minimum Gasteiger partial charge on any atom is -0.228 e. The van der Waals surface area contributed by atoms with Crippen molar-refractivity contribution in [2.75, 3.05) is 0 Å². The molecule has 0 bridgehead atoms. The predicted molar refractivity (Wildman–Crippen MR) is 235 cm³/mol. The Bertz CT molecular complexity index is 3010. The number of hydrogen-bond donors (Lipinski definition) is 0. The Morgan fingerprint density at radius 2 is 0.679 bits per heavy atom. The van der Waals surface area contributed by atoms with Crippen molar-refractivity contribution < 1.29 is 0 Å². The SMILES string of the molecule is c1ccc(-c2cccc(-c3cccc(-c4cccc(-c5cccc(-c6nc(-c7ccc(-c8cccc9ccccc89)cc7)nc7ccccc67)c5)c4)c3)c2)cc1. The molecule has 0 saturated heterocycles. The number of hydrogen-bond acceptors (Lipinski definition) is 2. The zero-order valence-corrected chi connectivity index (χ0v) is 30.7. The molecule has 56 heavy (non-hydrogen) atoms. The molecule has 0 atom stereocenters. The number of fused-ring (bicyclic) bond motifs is 2. The van der Waals surface area contributed by atoms with Gasteiger partial charge in [-0.15, -0.1) is 0 Å². The van der Waals surface area contributed by atoms with Gasteiger partial charge in [-0.2, -0.15) is 0 Å². The topological polar surface area (TPSA) is 25.8 Å². The lowest BCUT2D eigenvalue weighted by Crippen LogP contribution is -1.95. The van der Waals surface area contributed by atoms with Gasteiger partial charge in [-0.05, 0) is 96.7 Å². The number of para-hydroxylation sites is 1. The zero-order valence-electron chi connectivity index (χ0n) is 30.7. The Labute approximate surface area is 327 Å². The Kier molecular flexibility index (Phi) is 8.55. The van der Waals surface area contributed by atoms with Gasteiger partial charge in [-0.25, -0.2) is 9.97 Å². The van der Waals surface area contributed by atoms with Crippen LogP contribution in [0.15, 0.2) is 218 Å². The van der Waals surface area contributed by atoms with Gasteiger partial charge in [0.05, 0.1) is 11.2 Å². The van der Waals surface area contributed by atoms with Gasteiger partial charge >= 0.3 is 0 Å². The van der Waals surface area contributed by atoms with E-state index in [9.17, 15) is 0 Å². The smallest absolute Gasteiger partial charge is 0.160 e. The number of rotatable bonds is 7. The quantitative estimate of drug-likeness (QED) is 0.164. The lowest BCUT2D eigenvalue weighted by Gasteiger charge is -2.12. The van der Waals surface area contributed by atoms with Crippen molar-refractivity contribution in [2.45, 2.75) is 0 Å². The summed E-state index contributed by atoms with van der Waals surface area (Å²) in [4.78, 5) is 10.3. The summed E-state index contributed by atoms with van der Waals surface area (Å²) < 4.78 is 0. The summed E-state index contributed by atoms with van der Waals surface area (Å²) in [5.41, 5.74) is 15.8. The standard InChI is InChI=1S/C54H36N2/c1-2-13-37(14-3-1)41-17-8-18-42(33-41)43-19-9-20-44(34-43)45-21-10-22-46(35-45)47-23-11-24-48(36-47)53-51-26-6-7-28-52(51)55-54(56-53)40-31-29-39(30-32-40)50-27-12-16-38-15-4-5-25-49(38)50/h1-36H. The van der Waals surface area contributed by atoms with Gasteiger partial charge in [0.25, 0.3) is 0 Å². The molecule has 0 aliphatic heterocycles. The summed E-state index contributed by atoms with van der Waals surface area (Å²) >= 11 is 0. The van der Waals surface area contributed by atoms with Crippen LogP contribution >= 0.6 is 0 Å². The number of aromatic nitrogens is 2. The van der Waals surface area contributed by atoms with Crippen molar-refractivity contribution in [2.24, 2.45) is 0 Å². The normalized spacial score (nSPS) is 11.2. The molecule has 9 aromatic carbocycles. The first kappa shape index (κ1) is 33.2. The van der Waals surface area contributed by atoms with Gasteiger partial charge in [-0.3, -0.25) is 0 Å². The molecule has 0 unspecified atom stereocenters. The largest absolute Gasteiger partial charge is 0.228 e. The second kappa shape index (κ2) is 14.4. The zero-order chi connectivity index (χ0) is 37.3. The van der Waals surface area contributed by atoms with Crippen molar-refractivity contribution in [1.29, 1.82) is 0 Å². The van der Waals surface area contributed by atoms with E-state index in [1.165, 1.54) is 55.3 Å². The molecule has 1 heterocycles. The first-order valence-electron chi connectivity index (χ1n) is 19.1. The minimum atomic E-state index is 0.713. The lowest BCUT2D eigenvalue weighted by atomic mass is 9.94. The second-order valence-electron chi connectivity index (χ2n) is 14.2. The van der Waals surface area contributed by atoms with Gasteiger partial charge in [0.15, 0.2) is 5.82 Å². The molecular weight excluding hydrogens is 677 g/mol. The van der Waals surface area contributed by atoms with Crippen molar-refractivity contribution in [3.63, 3.8) is 0 Å². The first-order chi connectivity index (χ1) is 27.7. The molecule has 0 saturated carbocycles. The highest BCUT2D eigenvalue weighted by Crippen LogP contribution is 2.36. The monoisotopic (exact) mass is 712 g/mol. The highest BCUT2D eigenvalue weighted by atomic mass is 14.9. The van der Waals surface area contributed by atoms with E-state index in [0.717, 1.165) is 38.9 Å². The summed E-state index contributed by atoms with van der Waals surface area (Å²) in [5, 5.41) is 3.51. The van der Waals surface area contributed by atoms with Crippen molar-refractivity contribution in [3.8, 4) is 78.3 Å². The van der Waals surface area contributed by atoms with Crippen LogP contribution in [-0.2, 0) is 0 Å². The fourth-order valence-corrected chi connectivity index (χ4v) is 7.81. The third-order valence-corrected chi connectivity index (χ3v) is 10.7. The average Bonchev–Trinajstić information content (AvgIpc) is 3.29. The van der Waals surface area contributed by atoms with Crippen molar-refractivity contribution in [1.82, 2.24) is 9.97 Å². The van der Waals surface area contributed by atoms with Crippen LogP contribution in [0.25, 0.3) is 100.0 Å². The molecular formula is C54H36N2. The molecule has 0 aliphatic carbocycles. The summed E-state index contributed by atoms with van der Waals surface area (Å²) in [7, 11) is 0.